The largest absolute Gasteiger partial charge is 0.322 e. The van der Waals surface area contributed by atoms with E-state index in [-0.39, 0.29) is 5.91 Å². The smallest absolute Gasteiger partial charge is 0.255 e. The van der Waals surface area contributed by atoms with Crippen molar-refractivity contribution in [3.8, 4) is 0 Å². The van der Waals surface area contributed by atoms with Crippen molar-refractivity contribution < 1.29 is 4.79 Å². The van der Waals surface area contributed by atoms with Gasteiger partial charge in [-0.3, -0.25) is 4.79 Å². The van der Waals surface area contributed by atoms with E-state index in [1.165, 1.54) is 0 Å². The van der Waals surface area contributed by atoms with Crippen LogP contribution >= 0.6 is 27.5 Å². The van der Waals surface area contributed by atoms with Gasteiger partial charge in [0.1, 0.15) is 0 Å². The highest BCUT2D eigenvalue weighted by atomic mass is 79.9. The van der Waals surface area contributed by atoms with E-state index >= 15 is 0 Å². The molecule has 0 aromatic heterocycles. The number of carbonyl (C=O) groups excluding carboxylic acids is 1. The minimum absolute atomic E-state index is 0.130. The summed E-state index contributed by atoms with van der Waals surface area (Å²) in [6, 6.07) is 14.7. The molecule has 2 nitrogen and oxygen atoms in total. The summed E-state index contributed by atoms with van der Waals surface area (Å²) < 4.78 is 0.929. The second kappa shape index (κ2) is 6.03. The summed E-state index contributed by atoms with van der Waals surface area (Å²) in [5, 5.41) is 2.83. The lowest BCUT2D eigenvalue weighted by Gasteiger charge is -2.06. The molecule has 2 aromatic rings. The number of anilines is 1. The zero-order chi connectivity index (χ0) is 13.0. The second-order valence-electron chi connectivity index (χ2n) is 3.80. The van der Waals surface area contributed by atoms with Gasteiger partial charge in [-0.2, -0.15) is 0 Å². The molecule has 92 valence electrons. The normalized spacial score (nSPS) is 10.1. The Hall–Kier alpha value is -1.32. The second-order valence-corrected chi connectivity index (χ2v) is 4.98. The number of hydrogen-bond acceptors (Lipinski definition) is 1. The van der Waals surface area contributed by atoms with Gasteiger partial charge in [0.25, 0.3) is 5.91 Å². The summed E-state index contributed by atoms with van der Waals surface area (Å²) in [7, 11) is 0. The van der Waals surface area contributed by atoms with Gasteiger partial charge >= 0.3 is 0 Å². The van der Waals surface area contributed by atoms with Crippen molar-refractivity contribution in [2.24, 2.45) is 0 Å². The summed E-state index contributed by atoms with van der Waals surface area (Å²) >= 11 is 9.06. The van der Waals surface area contributed by atoms with Gasteiger partial charge in [0.05, 0.1) is 0 Å². The summed E-state index contributed by atoms with van der Waals surface area (Å²) in [5.74, 6) is 0.322. The summed E-state index contributed by atoms with van der Waals surface area (Å²) in [4.78, 5) is 12.0. The molecule has 0 fully saturated rings. The van der Waals surface area contributed by atoms with Crippen LogP contribution in [-0.4, -0.2) is 5.91 Å². The van der Waals surface area contributed by atoms with Gasteiger partial charge in [0.2, 0.25) is 0 Å². The summed E-state index contributed by atoms with van der Waals surface area (Å²) in [6.07, 6.45) is 0. The van der Waals surface area contributed by atoms with Crippen LogP contribution in [0.3, 0.4) is 0 Å². The molecule has 4 heteroatoms. The van der Waals surface area contributed by atoms with Crippen molar-refractivity contribution in [1.82, 2.24) is 0 Å². The number of alkyl halides is 1. The van der Waals surface area contributed by atoms with Gasteiger partial charge < -0.3 is 5.32 Å². The fourth-order valence-corrected chi connectivity index (χ4v) is 2.09. The number of hydrogen-bond donors (Lipinski definition) is 1. The zero-order valence-corrected chi connectivity index (χ0v) is 11.8. The monoisotopic (exact) mass is 323 g/mol. The van der Waals surface area contributed by atoms with E-state index in [1.807, 2.05) is 36.4 Å². The molecule has 0 aliphatic carbocycles. The summed E-state index contributed by atoms with van der Waals surface area (Å²) in [5.41, 5.74) is 2.37. The zero-order valence-electron chi connectivity index (χ0n) is 9.49. The fraction of sp³-hybridized carbons (Fsp3) is 0.0714. The fourth-order valence-electron chi connectivity index (χ4n) is 1.51. The van der Waals surface area contributed by atoms with Crippen LogP contribution in [0.15, 0.2) is 53.0 Å². The van der Waals surface area contributed by atoms with Gasteiger partial charge in [-0.05, 0) is 35.9 Å². The lowest BCUT2D eigenvalue weighted by molar-refractivity contribution is 0.102. The molecular formula is C14H11BrClNO. The third kappa shape index (κ3) is 3.34. The predicted molar refractivity (Wildman–Crippen MR) is 78.1 cm³/mol. The molecule has 0 unspecified atom stereocenters. The van der Waals surface area contributed by atoms with Crippen molar-refractivity contribution in [2.45, 2.75) is 5.88 Å². The van der Waals surface area contributed by atoms with Crippen LogP contribution in [-0.2, 0) is 5.88 Å². The Balaban J connectivity index is 2.11. The van der Waals surface area contributed by atoms with Gasteiger partial charge in [-0.1, -0.05) is 34.1 Å². The maximum absolute atomic E-state index is 12.0. The lowest BCUT2D eigenvalue weighted by atomic mass is 10.1. The number of nitrogens with one attached hydrogen (secondary N) is 1. The maximum atomic E-state index is 12.0. The number of carbonyl (C=O) groups is 1. The van der Waals surface area contributed by atoms with Gasteiger partial charge in [0.15, 0.2) is 0 Å². The third-order valence-corrected chi connectivity index (χ3v) is 3.25. The Morgan fingerprint density at radius 2 is 1.89 bits per heavy atom. The van der Waals surface area contributed by atoms with Crippen LogP contribution in [0.1, 0.15) is 15.9 Å². The Kier molecular flexibility index (Phi) is 4.39. The van der Waals surface area contributed by atoms with Crippen LogP contribution in [0.5, 0.6) is 0 Å². The predicted octanol–water partition coefficient (Wildman–Crippen LogP) is 4.44. The quantitative estimate of drug-likeness (QED) is 0.831. The Labute approximate surface area is 119 Å². The van der Waals surface area contributed by atoms with Crippen LogP contribution in [0.2, 0.25) is 0 Å². The first-order valence-electron chi connectivity index (χ1n) is 5.41. The van der Waals surface area contributed by atoms with Crippen LogP contribution in [0.25, 0.3) is 0 Å². The molecular weight excluding hydrogens is 314 g/mol. The molecule has 18 heavy (non-hydrogen) atoms. The lowest BCUT2D eigenvalue weighted by Crippen LogP contribution is -2.11. The molecule has 0 atom stereocenters. The average molecular weight is 325 g/mol. The van der Waals surface area contributed by atoms with E-state index in [2.05, 4.69) is 21.2 Å². The molecule has 0 saturated carbocycles. The molecule has 2 rings (SSSR count). The first kappa shape index (κ1) is 13.1. The van der Waals surface area contributed by atoms with Crippen LogP contribution < -0.4 is 5.32 Å². The molecule has 1 N–H and O–H groups in total. The number of amides is 1. The maximum Gasteiger partial charge on any atom is 0.255 e. The van der Waals surface area contributed by atoms with E-state index in [1.54, 1.807) is 12.1 Å². The molecule has 0 saturated heterocycles. The van der Waals surface area contributed by atoms with E-state index < -0.39 is 0 Å². The average Bonchev–Trinajstić information content (AvgIpc) is 2.39. The van der Waals surface area contributed by atoms with Gasteiger partial charge in [-0.15, -0.1) is 11.6 Å². The first-order valence-corrected chi connectivity index (χ1v) is 6.73. The van der Waals surface area contributed by atoms with E-state index in [9.17, 15) is 4.79 Å². The molecule has 0 spiro atoms. The Bertz CT molecular complexity index is 554. The topological polar surface area (TPSA) is 29.1 Å². The Morgan fingerprint density at radius 1 is 1.17 bits per heavy atom. The minimum atomic E-state index is -0.130. The van der Waals surface area contributed by atoms with Crippen LogP contribution in [0.4, 0.5) is 5.69 Å². The van der Waals surface area contributed by atoms with Crippen molar-refractivity contribution in [1.29, 1.82) is 0 Å². The molecule has 1 amide bonds. The number of halogens is 2. The molecule has 2 aromatic carbocycles. The van der Waals surface area contributed by atoms with Crippen molar-refractivity contribution in [3.05, 3.63) is 64.1 Å². The Morgan fingerprint density at radius 3 is 2.50 bits per heavy atom. The van der Waals surface area contributed by atoms with Crippen molar-refractivity contribution in [3.63, 3.8) is 0 Å². The van der Waals surface area contributed by atoms with E-state index in [0.29, 0.717) is 11.4 Å². The van der Waals surface area contributed by atoms with Gasteiger partial charge in [0, 0.05) is 21.6 Å². The highest BCUT2D eigenvalue weighted by molar-refractivity contribution is 9.10. The number of benzene rings is 2. The molecule has 0 radical (unpaired) electrons. The number of rotatable bonds is 3. The molecule has 0 aliphatic rings. The van der Waals surface area contributed by atoms with Crippen LogP contribution in [0, 0.1) is 0 Å². The van der Waals surface area contributed by atoms with Gasteiger partial charge in [-0.25, -0.2) is 0 Å². The van der Waals surface area contributed by atoms with Crippen molar-refractivity contribution >= 4 is 39.1 Å². The highest BCUT2D eigenvalue weighted by Crippen LogP contribution is 2.16. The molecule has 0 heterocycles. The third-order valence-electron chi connectivity index (χ3n) is 2.45. The van der Waals surface area contributed by atoms with E-state index in [0.717, 1.165) is 15.7 Å². The standard InChI is InChI=1S/C14H11BrClNO/c15-12-2-1-3-13(8-12)17-14(18)11-6-4-10(9-16)5-7-11/h1-8H,9H2,(H,17,18). The van der Waals surface area contributed by atoms with Crippen molar-refractivity contribution in [2.75, 3.05) is 5.32 Å². The van der Waals surface area contributed by atoms with E-state index in [4.69, 9.17) is 11.6 Å². The molecule has 0 bridgehead atoms. The highest BCUT2D eigenvalue weighted by Gasteiger charge is 2.05. The molecule has 0 aliphatic heterocycles. The SMILES string of the molecule is O=C(Nc1cccc(Br)c1)c1ccc(CCl)cc1. The summed E-state index contributed by atoms with van der Waals surface area (Å²) in [6.45, 7) is 0. The first-order chi connectivity index (χ1) is 8.69. The minimum Gasteiger partial charge on any atom is -0.322 e.